The van der Waals surface area contributed by atoms with Crippen molar-refractivity contribution in [3.8, 4) is 0 Å². The van der Waals surface area contributed by atoms with E-state index in [0.717, 1.165) is 56.6 Å². The molecule has 1 aliphatic heterocycles. The molecule has 0 spiro atoms. The van der Waals surface area contributed by atoms with Gasteiger partial charge in [-0.1, -0.05) is 0 Å². The van der Waals surface area contributed by atoms with Crippen LogP contribution in [0.1, 0.15) is 51.4 Å². The van der Waals surface area contributed by atoms with Gasteiger partial charge in [-0.05, 0) is 93.4 Å². The number of anilines is 2. The Kier molecular flexibility index (Phi) is 5.59. The molecule has 0 atom stereocenters. The van der Waals surface area contributed by atoms with Crippen LogP contribution in [0.15, 0.2) is 24.3 Å². The van der Waals surface area contributed by atoms with E-state index in [2.05, 4.69) is 15.5 Å². The van der Waals surface area contributed by atoms with E-state index in [4.69, 9.17) is 5.73 Å². The summed E-state index contributed by atoms with van der Waals surface area (Å²) < 4.78 is 0. The second-order valence-electron chi connectivity index (χ2n) is 10.6. The topological polar surface area (TPSA) is 105 Å². The van der Waals surface area contributed by atoms with Crippen LogP contribution in [-0.2, 0) is 14.4 Å². The standard InChI is InChI=1S/C25H34N4O3/c26-23(31)19-5-7-29(8-6-19)21-3-1-20(2-4-21)28-22(30)15-27-24(32)25-12-16-9-17(13-25)11-18(10-16)14-25/h1-4,16-19H,5-15H2,(H2,26,31)(H,27,32)(H,28,30). The van der Waals surface area contributed by atoms with Crippen molar-refractivity contribution >= 4 is 29.1 Å². The van der Waals surface area contributed by atoms with E-state index in [1.807, 2.05) is 24.3 Å². The number of rotatable bonds is 6. The fourth-order valence-electron chi connectivity index (χ4n) is 7.12. The molecule has 7 nitrogen and oxygen atoms in total. The number of benzene rings is 1. The van der Waals surface area contributed by atoms with E-state index >= 15 is 0 Å². The number of amides is 3. The van der Waals surface area contributed by atoms with Crippen LogP contribution in [0.2, 0.25) is 0 Å². The van der Waals surface area contributed by atoms with E-state index in [1.54, 1.807) is 0 Å². The van der Waals surface area contributed by atoms with E-state index < -0.39 is 0 Å². The van der Waals surface area contributed by atoms with E-state index in [-0.39, 0.29) is 35.6 Å². The van der Waals surface area contributed by atoms with Gasteiger partial charge in [0.15, 0.2) is 0 Å². The summed E-state index contributed by atoms with van der Waals surface area (Å²) in [7, 11) is 0. The predicted octanol–water partition coefficient (Wildman–Crippen LogP) is 2.66. The third-order valence-corrected chi connectivity index (χ3v) is 8.34. The Morgan fingerprint density at radius 1 is 0.938 bits per heavy atom. The molecule has 1 heterocycles. The molecule has 7 heteroatoms. The van der Waals surface area contributed by atoms with Gasteiger partial charge in [0.1, 0.15) is 0 Å². The van der Waals surface area contributed by atoms with Crippen LogP contribution in [0, 0.1) is 29.1 Å². The zero-order valence-corrected chi connectivity index (χ0v) is 18.6. The van der Waals surface area contributed by atoms with E-state index in [9.17, 15) is 14.4 Å². The van der Waals surface area contributed by atoms with Gasteiger partial charge in [-0.25, -0.2) is 0 Å². The third-order valence-electron chi connectivity index (χ3n) is 8.34. The third kappa shape index (κ3) is 4.21. The number of carbonyl (C=O) groups is 3. The molecule has 4 N–H and O–H groups in total. The Balaban J connectivity index is 1.10. The molecule has 5 aliphatic rings. The number of primary amides is 1. The molecule has 32 heavy (non-hydrogen) atoms. The molecule has 1 saturated heterocycles. The van der Waals surface area contributed by atoms with Gasteiger partial charge in [-0.2, -0.15) is 0 Å². The quantitative estimate of drug-likeness (QED) is 0.635. The highest BCUT2D eigenvalue weighted by Gasteiger charge is 2.54. The van der Waals surface area contributed by atoms with Crippen LogP contribution in [-0.4, -0.2) is 37.4 Å². The molecule has 0 unspecified atom stereocenters. The molecule has 0 aromatic heterocycles. The van der Waals surface area contributed by atoms with Crippen molar-refractivity contribution in [2.45, 2.75) is 51.4 Å². The first kappa shape index (κ1) is 21.3. The fraction of sp³-hybridized carbons (Fsp3) is 0.640. The van der Waals surface area contributed by atoms with Crippen molar-refractivity contribution in [3.05, 3.63) is 24.3 Å². The second kappa shape index (κ2) is 8.41. The molecule has 0 radical (unpaired) electrons. The Morgan fingerprint density at radius 2 is 1.50 bits per heavy atom. The average molecular weight is 439 g/mol. The first-order chi connectivity index (χ1) is 15.4. The maximum absolute atomic E-state index is 13.0. The summed E-state index contributed by atoms with van der Waals surface area (Å²) in [5, 5.41) is 5.83. The number of hydrogen-bond acceptors (Lipinski definition) is 4. The average Bonchev–Trinajstić information content (AvgIpc) is 2.77. The van der Waals surface area contributed by atoms with Crippen LogP contribution < -0.4 is 21.3 Å². The van der Waals surface area contributed by atoms with Crippen molar-refractivity contribution in [3.63, 3.8) is 0 Å². The normalized spacial score (nSPS) is 31.4. The number of piperidine rings is 1. The van der Waals surface area contributed by atoms with Crippen LogP contribution in [0.4, 0.5) is 11.4 Å². The number of nitrogens with zero attached hydrogens (tertiary/aromatic N) is 1. The molecule has 4 bridgehead atoms. The SMILES string of the molecule is NC(=O)C1CCN(c2ccc(NC(=O)CNC(=O)C34CC5CC(CC(C5)C3)C4)cc2)CC1. The van der Waals surface area contributed by atoms with Crippen molar-refractivity contribution in [1.29, 1.82) is 0 Å². The van der Waals surface area contributed by atoms with E-state index in [0.29, 0.717) is 17.8 Å². The Morgan fingerprint density at radius 3 is 2.03 bits per heavy atom. The maximum atomic E-state index is 13.0. The molecule has 6 rings (SSSR count). The number of nitrogens with one attached hydrogen (secondary N) is 2. The lowest BCUT2D eigenvalue weighted by molar-refractivity contribution is -0.146. The monoisotopic (exact) mass is 438 g/mol. The second-order valence-corrected chi connectivity index (χ2v) is 10.6. The van der Waals surface area contributed by atoms with Gasteiger partial charge < -0.3 is 21.3 Å². The van der Waals surface area contributed by atoms with Crippen molar-refractivity contribution < 1.29 is 14.4 Å². The van der Waals surface area contributed by atoms with Gasteiger partial charge in [-0.3, -0.25) is 14.4 Å². The Bertz CT molecular complexity index is 854. The highest BCUT2D eigenvalue weighted by molar-refractivity contribution is 5.95. The summed E-state index contributed by atoms with van der Waals surface area (Å²) in [5.41, 5.74) is 6.98. The van der Waals surface area contributed by atoms with Gasteiger partial charge in [0.2, 0.25) is 17.7 Å². The summed E-state index contributed by atoms with van der Waals surface area (Å²) in [6, 6.07) is 7.73. The van der Waals surface area contributed by atoms with Gasteiger partial charge in [-0.15, -0.1) is 0 Å². The molecule has 1 aromatic carbocycles. The van der Waals surface area contributed by atoms with Crippen molar-refractivity contribution in [2.75, 3.05) is 29.9 Å². The van der Waals surface area contributed by atoms with Gasteiger partial charge in [0.05, 0.1) is 6.54 Å². The summed E-state index contributed by atoms with van der Waals surface area (Å²) in [6.07, 6.45) is 8.46. The van der Waals surface area contributed by atoms with Gasteiger partial charge in [0.25, 0.3) is 0 Å². The molecule has 3 amide bonds. The minimum absolute atomic E-state index is 0.0168. The predicted molar refractivity (Wildman–Crippen MR) is 123 cm³/mol. The zero-order valence-electron chi connectivity index (χ0n) is 18.6. The highest BCUT2D eigenvalue weighted by Crippen LogP contribution is 2.60. The largest absolute Gasteiger partial charge is 0.371 e. The van der Waals surface area contributed by atoms with Gasteiger partial charge in [0, 0.05) is 35.8 Å². The van der Waals surface area contributed by atoms with Gasteiger partial charge >= 0.3 is 0 Å². The smallest absolute Gasteiger partial charge is 0.243 e. The molecule has 4 saturated carbocycles. The highest BCUT2D eigenvalue weighted by atomic mass is 16.2. The Labute approximate surface area is 189 Å². The molecular formula is C25H34N4O3. The van der Waals surface area contributed by atoms with Crippen LogP contribution in [0.25, 0.3) is 0 Å². The lowest BCUT2D eigenvalue weighted by Crippen LogP contribution is -2.54. The van der Waals surface area contributed by atoms with Crippen molar-refractivity contribution in [2.24, 2.45) is 34.8 Å². The first-order valence-corrected chi connectivity index (χ1v) is 12.1. The fourth-order valence-corrected chi connectivity index (χ4v) is 7.12. The van der Waals surface area contributed by atoms with Crippen LogP contribution in [0.3, 0.4) is 0 Å². The van der Waals surface area contributed by atoms with E-state index in [1.165, 1.54) is 19.3 Å². The van der Waals surface area contributed by atoms with Crippen LogP contribution in [0.5, 0.6) is 0 Å². The van der Waals surface area contributed by atoms with Crippen molar-refractivity contribution in [1.82, 2.24) is 5.32 Å². The number of carbonyl (C=O) groups excluding carboxylic acids is 3. The minimum atomic E-state index is -0.224. The molecule has 4 aliphatic carbocycles. The zero-order chi connectivity index (χ0) is 22.3. The Hall–Kier alpha value is -2.57. The number of nitrogens with two attached hydrogens (primary N) is 1. The first-order valence-electron chi connectivity index (χ1n) is 12.1. The maximum Gasteiger partial charge on any atom is 0.243 e. The summed E-state index contributed by atoms with van der Waals surface area (Å²) >= 11 is 0. The molecular weight excluding hydrogens is 404 g/mol. The summed E-state index contributed by atoms with van der Waals surface area (Å²) in [4.78, 5) is 39.0. The lowest BCUT2D eigenvalue weighted by Gasteiger charge is -2.55. The number of hydrogen-bond donors (Lipinski definition) is 3. The van der Waals surface area contributed by atoms with Crippen LogP contribution >= 0.6 is 0 Å². The lowest BCUT2D eigenvalue weighted by atomic mass is 9.49. The summed E-state index contributed by atoms with van der Waals surface area (Å²) in [6.45, 7) is 1.62. The molecule has 5 fully saturated rings. The molecule has 1 aromatic rings. The summed E-state index contributed by atoms with van der Waals surface area (Å²) in [5.74, 6) is 1.78. The molecule has 172 valence electrons. The minimum Gasteiger partial charge on any atom is -0.371 e.